The number of benzene rings is 2. The van der Waals surface area contributed by atoms with Crippen LogP contribution < -0.4 is 9.54 Å². The number of hydrogen-bond donors (Lipinski definition) is 0. The second-order valence-corrected chi connectivity index (χ2v) is 7.54. The molecular formula is C22H24N2O4S. The van der Waals surface area contributed by atoms with Crippen LogP contribution in [0.15, 0.2) is 41.4 Å². The van der Waals surface area contributed by atoms with Crippen LogP contribution in [0.3, 0.4) is 0 Å². The maximum Gasteiger partial charge on any atom is 0.338 e. The van der Waals surface area contributed by atoms with Gasteiger partial charge in [-0.25, -0.2) is 4.79 Å². The highest BCUT2D eigenvalue weighted by Crippen LogP contribution is 2.22. The number of methoxy groups -OCH3 is 1. The van der Waals surface area contributed by atoms with Crippen molar-refractivity contribution in [1.29, 1.82) is 0 Å². The van der Waals surface area contributed by atoms with Crippen LogP contribution in [0.5, 0.6) is 5.75 Å². The Morgan fingerprint density at radius 2 is 1.93 bits per heavy atom. The lowest BCUT2D eigenvalue weighted by atomic mass is 10.1. The first kappa shape index (κ1) is 20.8. The minimum atomic E-state index is -0.355. The van der Waals surface area contributed by atoms with Crippen LogP contribution in [-0.2, 0) is 22.5 Å². The second-order valence-electron chi connectivity index (χ2n) is 6.53. The van der Waals surface area contributed by atoms with Crippen LogP contribution in [0.1, 0.15) is 35.3 Å². The highest BCUT2D eigenvalue weighted by molar-refractivity contribution is 7.16. The van der Waals surface area contributed by atoms with Crippen molar-refractivity contribution in [3.05, 3.63) is 57.9 Å². The van der Waals surface area contributed by atoms with Gasteiger partial charge in [0.25, 0.3) is 5.91 Å². The van der Waals surface area contributed by atoms with Crippen molar-refractivity contribution in [2.24, 2.45) is 4.99 Å². The van der Waals surface area contributed by atoms with Crippen LogP contribution in [0.25, 0.3) is 10.2 Å². The average Bonchev–Trinajstić information content (AvgIpc) is 3.04. The molecule has 1 aromatic heterocycles. The number of carbonyl (C=O) groups is 2. The lowest BCUT2D eigenvalue weighted by Crippen LogP contribution is -2.16. The smallest absolute Gasteiger partial charge is 0.338 e. The molecule has 6 nitrogen and oxygen atoms in total. The SMILES string of the molecule is CCOC(=O)c1ccc2c(c1)sc(=NC(=O)Cc1cc(C)ccc1OC)n2CC. The van der Waals surface area contributed by atoms with Gasteiger partial charge in [0.05, 0.1) is 35.9 Å². The number of aromatic nitrogens is 1. The van der Waals surface area contributed by atoms with Crippen LogP contribution in [0.4, 0.5) is 0 Å². The number of rotatable bonds is 6. The van der Waals surface area contributed by atoms with Gasteiger partial charge >= 0.3 is 5.97 Å². The van der Waals surface area contributed by atoms with Crippen molar-refractivity contribution in [2.45, 2.75) is 33.7 Å². The third kappa shape index (κ3) is 4.56. The maximum absolute atomic E-state index is 12.7. The van der Waals surface area contributed by atoms with E-state index in [2.05, 4.69) is 4.99 Å². The fourth-order valence-electron chi connectivity index (χ4n) is 3.16. The Bertz CT molecular complexity index is 1130. The minimum Gasteiger partial charge on any atom is -0.496 e. The monoisotopic (exact) mass is 412 g/mol. The first-order valence-electron chi connectivity index (χ1n) is 9.48. The molecule has 0 radical (unpaired) electrons. The Morgan fingerprint density at radius 1 is 1.14 bits per heavy atom. The highest BCUT2D eigenvalue weighted by Gasteiger charge is 2.13. The fourth-order valence-corrected chi connectivity index (χ4v) is 4.31. The van der Waals surface area contributed by atoms with E-state index in [9.17, 15) is 9.59 Å². The van der Waals surface area contributed by atoms with Crippen molar-refractivity contribution in [1.82, 2.24) is 4.57 Å². The predicted octanol–water partition coefficient (Wildman–Crippen LogP) is 3.89. The summed E-state index contributed by atoms with van der Waals surface area (Å²) in [6.07, 6.45) is 0.164. The van der Waals surface area contributed by atoms with Crippen LogP contribution in [0, 0.1) is 6.92 Å². The van der Waals surface area contributed by atoms with E-state index >= 15 is 0 Å². The van der Waals surface area contributed by atoms with Crippen LogP contribution in [0.2, 0.25) is 0 Å². The van der Waals surface area contributed by atoms with Gasteiger partial charge in [-0.05, 0) is 45.0 Å². The van der Waals surface area contributed by atoms with Crippen LogP contribution >= 0.6 is 11.3 Å². The Labute approximate surface area is 173 Å². The number of hydrogen-bond acceptors (Lipinski definition) is 5. The summed E-state index contributed by atoms with van der Waals surface area (Å²) >= 11 is 1.39. The molecule has 3 aromatic rings. The van der Waals surface area contributed by atoms with Gasteiger partial charge in [0, 0.05) is 12.1 Å². The molecule has 0 saturated heterocycles. The molecule has 0 aliphatic rings. The summed E-state index contributed by atoms with van der Waals surface area (Å²) in [4.78, 5) is 29.6. The molecule has 1 amide bonds. The Balaban J connectivity index is 1.97. The summed E-state index contributed by atoms with van der Waals surface area (Å²) in [6.45, 7) is 6.74. The first-order valence-corrected chi connectivity index (χ1v) is 10.3. The standard InChI is InChI=1S/C22H24N2O4S/c1-5-24-17-9-8-15(21(26)28-6-2)12-19(17)29-22(24)23-20(25)13-16-11-14(3)7-10-18(16)27-4/h7-12H,5-6,13H2,1-4H3. The summed E-state index contributed by atoms with van der Waals surface area (Å²) in [5.41, 5.74) is 3.30. The van der Waals surface area contributed by atoms with E-state index in [0.717, 1.165) is 21.3 Å². The topological polar surface area (TPSA) is 69.9 Å². The molecule has 0 spiro atoms. The third-order valence-electron chi connectivity index (χ3n) is 4.51. The van der Waals surface area contributed by atoms with Crippen molar-refractivity contribution in [3.8, 4) is 5.75 Å². The molecular weight excluding hydrogens is 388 g/mol. The molecule has 0 saturated carbocycles. The molecule has 3 rings (SSSR count). The van der Waals surface area contributed by atoms with Gasteiger partial charge in [0.1, 0.15) is 5.75 Å². The number of esters is 1. The van der Waals surface area contributed by atoms with E-state index < -0.39 is 0 Å². The zero-order valence-corrected chi connectivity index (χ0v) is 17.8. The molecule has 1 heterocycles. The van der Waals surface area contributed by atoms with Gasteiger partial charge in [-0.1, -0.05) is 29.0 Å². The normalized spacial score (nSPS) is 11.7. The molecule has 0 bridgehead atoms. The molecule has 0 atom stereocenters. The van der Waals surface area contributed by atoms with E-state index in [4.69, 9.17) is 9.47 Å². The van der Waals surface area contributed by atoms with E-state index in [-0.39, 0.29) is 18.3 Å². The lowest BCUT2D eigenvalue weighted by molar-refractivity contribution is -0.117. The predicted molar refractivity (Wildman–Crippen MR) is 113 cm³/mol. The zero-order valence-electron chi connectivity index (χ0n) is 17.0. The molecule has 152 valence electrons. The largest absolute Gasteiger partial charge is 0.496 e. The molecule has 0 aliphatic heterocycles. The van der Waals surface area contributed by atoms with E-state index in [1.807, 2.05) is 42.7 Å². The van der Waals surface area contributed by atoms with E-state index in [0.29, 0.717) is 29.3 Å². The lowest BCUT2D eigenvalue weighted by Gasteiger charge is -2.07. The summed E-state index contributed by atoms with van der Waals surface area (Å²) in [5, 5.41) is 0. The van der Waals surface area contributed by atoms with Crippen molar-refractivity contribution >= 4 is 33.4 Å². The zero-order chi connectivity index (χ0) is 21.0. The summed E-state index contributed by atoms with van der Waals surface area (Å²) in [7, 11) is 1.59. The highest BCUT2D eigenvalue weighted by atomic mass is 32.1. The maximum atomic E-state index is 12.7. The fraction of sp³-hybridized carbons (Fsp3) is 0.318. The molecule has 0 unspecified atom stereocenters. The quantitative estimate of drug-likeness (QED) is 0.576. The number of fused-ring (bicyclic) bond motifs is 1. The molecule has 0 N–H and O–H groups in total. The summed E-state index contributed by atoms with van der Waals surface area (Å²) < 4.78 is 13.3. The van der Waals surface area contributed by atoms with Crippen LogP contribution in [-0.4, -0.2) is 30.2 Å². The van der Waals surface area contributed by atoms with Gasteiger partial charge in [-0.3, -0.25) is 4.79 Å². The van der Waals surface area contributed by atoms with Gasteiger partial charge in [-0.15, -0.1) is 0 Å². The number of nitrogens with zero attached hydrogens (tertiary/aromatic N) is 2. The minimum absolute atomic E-state index is 0.164. The Morgan fingerprint density at radius 3 is 2.62 bits per heavy atom. The van der Waals surface area contributed by atoms with E-state index in [1.165, 1.54) is 11.3 Å². The van der Waals surface area contributed by atoms with Crippen molar-refractivity contribution in [3.63, 3.8) is 0 Å². The summed E-state index contributed by atoms with van der Waals surface area (Å²) in [5.74, 6) is 0.0816. The average molecular weight is 413 g/mol. The number of amides is 1. The van der Waals surface area contributed by atoms with Crippen molar-refractivity contribution < 1.29 is 19.1 Å². The number of thiazole rings is 1. The van der Waals surface area contributed by atoms with Gasteiger partial charge in [-0.2, -0.15) is 4.99 Å². The molecule has 2 aromatic carbocycles. The Kier molecular flexibility index (Phi) is 6.49. The Hall–Kier alpha value is -2.93. The number of carbonyl (C=O) groups excluding carboxylic acids is 2. The van der Waals surface area contributed by atoms with Gasteiger partial charge in [0.15, 0.2) is 4.80 Å². The van der Waals surface area contributed by atoms with E-state index in [1.54, 1.807) is 26.2 Å². The summed E-state index contributed by atoms with van der Waals surface area (Å²) in [6, 6.07) is 11.1. The molecule has 29 heavy (non-hydrogen) atoms. The first-order chi connectivity index (χ1) is 14.0. The third-order valence-corrected chi connectivity index (χ3v) is 5.55. The molecule has 7 heteroatoms. The number of aryl methyl sites for hydroxylation is 2. The number of ether oxygens (including phenoxy) is 2. The second kappa shape index (κ2) is 9.05. The van der Waals surface area contributed by atoms with Gasteiger partial charge < -0.3 is 14.0 Å². The molecule has 0 fully saturated rings. The molecule has 0 aliphatic carbocycles. The van der Waals surface area contributed by atoms with Gasteiger partial charge in [0.2, 0.25) is 0 Å². The van der Waals surface area contributed by atoms with Crippen molar-refractivity contribution in [2.75, 3.05) is 13.7 Å².